The molecule has 3 rings (SSSR count). The Morgan fingerprint density at radius 1 is 1.27 bits per heavy atom. The number of carbonyl (C=O) groups is 1. The number of carbonyl (C=O) groups excluding carboxylic acids is 1. The number of piperidine rings is 1. The molecule has 0 N–H and O–H groups in total. The number of hydrogen-bond acceptors (Lipinski definition) is 4. The van der Waals surface area contributed by atoms with E-state index in [1.165, 1.54) is 0 Å². The van der Waals surface area contributed by atoms with Crippen LogP contribution in [-0.2, 0) is 16.0 Å². The predicted octanol–water partition coefficient (Wildman–Crippen LogP) is 2.44. The topological polar surface area (TPSA) is 42.0 Å². The zero-order valence-corrected chi connectivity index (χ0v) is 16.4. The highest BCUT2D eigenvalue weighted by molar-refractivity contribution is 5.76. The Morgan fingerprint density at radius 3 is 2.73 bits per heavy atom. The summed E-state index contributed by atoms with van der Waals surface area (Å²) in [5, 5.41) is 0. The lowest BCUT2D eigenvalue weighted by molar-refractivity contribution is -0.134. The fraction of sp³-hybridized carbons (Fsp3) is 0.667. The molecule has 2 aliphatic heterocycles. The van der Waals surface area contributed by atoms with E-state index in [0.29, 0.717) is 17.8 Å². The number of rotatable bonds is 6. The molecule has 1 unspecified atom stereocenters. The molecule has 144 valence electrons. The molecule has 0 saturated carbocycles. The van der Waals surface area contributed by atoms with Crippen LogP contribution in [0.1, 0.15) is 24.8 Å². The van der Waals surface area contributed by atoms with E-state index in [2.05, 4.69) is 22.9 Å². The highest BCUT2D eigenvalue weighted by Crippen LogP contribution is 2.44. The molecule has 1 atom stereocenters. The minimum atomic E-state index is 0.275. The molecule has 2 heterocycles. The molecule has 1 aromatic rings. The molecular formula is C21H32N2O3. The number of amides is 1. The summed E-state index contributed by atoms with van der Waals surface area (Å²) in [5.74, 6) is 1.72. The first-order valence-corrected chi connectivity index (χ1v) is 9.64. The number of methoxy groups -OCH3 is 2. The SMILES string of the molecule is COCC1CN(C)CC12CCN(C(=O)CCc1cccc(OC)c1)CC2. The highest BCUT2D eigenvalue weighted by atomic mass is 16.5. The van der Waals surface area contributed by atoms with Crippen molar-refractivity contribution in [1.82, 2.24) is 9.80 Å². The van der Waals surface area contributed by atoms with Crippen LogP contribution in [0.15, 0.2) is 24.3 Å². The van der Waals surface area contributed by atoms with Crippen molar-refractivity contribution in [3.05, 3.63) is 29.8 Å². The van der Waals surface area contributed by atoms with E-state index >= 15 is 0 Å². The van der Waals surface area contributed by atoms with Gasteiger partial charge in [0.2, 0.25) is 5.91 Å². The largest absolute Gasteiger partial charge is 0.497 e. The van der Waals surface area contributed by atoms with Crippen LogP contribution in [0.5, 0.6) is 5.75 Å². The summed E-state index contributed by atoms with van der Waals surface area (Å²) in [4.78, 5) is 17.1. The van der Waals surface area contributed by atoms with E-state index in [-0.39, 0.29) is 5.91 Å². The average Bonchev–Trinajstić information content (AvgIpc) is 2.95. The van der Waals surface area contributed by atoms with Gasteiger partial charge in [-0.15, -0.1) is 0 Å². The van der Waals surface area contributed by atoms with Crippen molar-refractivity contribution in [3.63, 3.8) is 0 Å². The van der Waals surface area contributed by atoms with Gasteiger partial charge in [-0.1, -0.05) is 12.1 Å². The van der Waals surface area contributed by atoms with Gasteiger partial charge >= 0.3 is 0 Å². The monoisotopic (exact) mass is 360 g/mol. The highest BCUT2D eigenvalue weighted by Gasteiger charge is 2.47. The first-order chi connectivity index (χ1) is 12.6. The molecule has 0 aliphatic carbocycles. The summed E-state index contributed by atoms with van der Waals surface area (Å²) in [6, 6.07) is 7.99. The quantitative estimate of drug-likeness (QED) is 0.781. The zero-order valence-electron chi connectivity index (χ0n) is 16.4. The van der Waals surface area contributed by atoms with E-state index in [1.54, 1.807) is 14.2 Å². The summed E-state index contributed by atoms with van der Waals surface area (Å²) in [6.45, 7) is 4.83. The van der Waals surface area contributed by atoms with Crippen LogP contribution in [0.25, 0.3) is 0 Å². The number of hydrogen-bond donors (Lipinski definition) is 0. The van der Waals surface area contributed by atoms with Gasteiger partial charge in [0, 0.05) is 45.6 Å². The molecule has 1 aromatic carbocycles. The maximum Gasteiger partial charge on any atom is 0.222 e. The second kappa shape index (κ2) is 8.40. The number of benzene rings is 1. The van der Waals surface area contributed by atoms with Gasteiger partial charge in [0.25, 0.3) is 0 Å². The van der Waals surface area contributed by atoms with Gasteiger partial charge < -0.3 is 19.3 Å². The molecule has 2 fully saturated rings. The minimum Gasteiger partial charge on any atom is -0.497 e. The van der Waals surface area contributed by atoms with Gasteiger partial charge in [-0.2, -0.15) is 0 Å². The number of nitrogens with zero attached hydrogens (tertiary/aromatic N) is 2. The fourth-order valence-corrected chi connectivity index (χ4v) is 4.74. The van der Waals surface area contributed by atoms with E-state index in [1.807, 2.05) is 18.2 Å². The van der Waals surface area contributed by atoms with Crippen LogP contribution >= 0.6 is 0 Å². The van der Waals surface area contributed by atoms with Crippen molar-refractivity contribution in [2.45, 2.75) is 25.7 Å². The summed E-state index contributed by atoms with van der Waals surface area (Å²) in [7, 11) is 5.66. The second-order valence-electron chi connectivity index (χ2n) is 7.94. The number of ether oxygens (including phenoxy) is 2. The molecule has 26 heavy (non-hydrogen) atoms. The third-order valence-electron chi connectivity index (χ3n) is 6.22. The standard InChI is InChI=1S/C21H32N2O3/c1-22-14-18(15-25-2)21(16-22)9-11-23(12-10-21)20(24)8-7-17-5-4-6-19(13-17)26-3/h4-6,13,18H,7-12,14-16H2,1-3H3. The van der Waals surface area contributed by atoms with Crippen LogP contribution in [0.4, 0.5) is 0 Å². The Bertz CT molecular complexity index is 611. The van der Waals surface area contributed by atoms with Gasteiger partial charge in [-0.25, -0.2) is 0 Å². The molecule has 5 heteroatoms. The molecule has 5 nitrogen and oxygen atoms in total. The molecule has 2 aliphatic rings. The van der Waals surface area contributed by atoms with Crippen LogP contribution in [-0.4, -0.2) is 69.8 Å². The van der Waals surface area contributed by atoms with Crippen LogP contribution < -0.4 is 4.74 Å². The Kier molecular flexibility index (Phi) is 6.20. The second-order valence-corrected chi connectivity index (χ2v) is 7.94. The minimum absolute atomic E-state index is 0.275. The van der Waals surface area contributed by atoms with Crippen molar-refractivity contribution in [2.75, 3.05) is 54.1 Å². The third-order valence-corrected chi connectivity index (χ3v) is 6.22. The van der Waals surface area contributed by atoms with Crippen LogP contribution in [0, 0.1) is 11.3 Å². The van der Waals surface area contributed by atoms with Crippen molar-refractivity contribution in [3.8, 4) is 5.75 Å². The molecule has 0 aromatic heterocycles. The van der Waals surface area contributed by atoms with Gasteiger partial charge in [-0.05, 0) is 49.4 Å². The molecule has 0 bridgehead atoms. The zero-order chi connectivity index (χ0) is 18.6. The van der Waals surface area contributed by atoms with Crippen molar-refractivity contribution in [1.29, 1.82) is 0 Å². The molecule has 0 radical (unpaired) electrons. The predicted molar refractivity (Wildman–Crippen MR) is 102 cm³/mol. The van der Waals surface area contributed by atoms with Crippen LogP contribution in [0.3, 0.4) is 0 Å². The Labute approximate surface area is 157 Å². The fourth-order valence-electron chi connectivity index (χ4n) is 4.74. The van der Waals surface area contributed by atoms with E-state index in [0.717, 1.165) is 63.4 Å². The normalized spacial score (nSPS) is 22.7. The van der Waals surface area contributed by atoms with Crippen molar-refractivity contribution < 1.29 is 14.3 Å². The third kappa shape index (κ3) is 4.21. The molecular weight excluding hydrogens is 328 g/mol. The summed E-state index contributed by atoms with van der Waals surface area (Å²) >= 11 is 0. The summed E-state index contributed by atoms with van der Waals surface area (Å²) in [6.07, 6.45) is 3.53. The molecule has 1 spiro atoms. The van der Waals surface area contributed by atoms with Crippen molar-refractivity contribution in [2.24, 2.45) is 11.3 Å². The summed E-state index contributed by atoms with van der Waals surface area (Å²) < 4.78 is 10.7. The maximum absolute atomic E-state index is 12.7. The van der Waals surface area contributed by atoms with Gasteiger partial charge in [-0.3, -0.25) is 4.79 Å². The first-order valence-electron chi connectivity index (χ1n) is 9.64. The van der Waals surface area contributed by atoms with E-state index in [4.69, 9.17) is 9.47 Å². The number of likely N-dealkylation sites (tertiary alicyclic amines) is 2. The van der Waals surface area contributed by atoms with Crippen molar-refractivity contribution >= 4 is 5.91 Å². The lowest BCUT2D eigenvalue weighted by Crippen LogP contribution is -2.47. The lowest BCUT2D eigenvalue weighted by atomic mass is 9.71. The van der Waals surface area contributed by atoms with Gasteiger partial charge in [0.1, 0.15) is 5.75 Å². The molecule has 1 amide bonds. The van der Waals surface area contributed by atoms with Gasteiger partial charge in [0.05, 0.1) is 13.7 Å². The lowest BCUT2D eigenvalue weighted by Gasteiger charge is -2.42. The summed E-state index contributed by atoms with van der Waals surface area (Å²) in [5.41, 5.74) is 1.48. The Morgan fingerprint density at radius 2 is 2.04 bits per heavy atom. The maximum atomic E-state index is 12.7. The Balaban J connectivity index is 1.52. The van der Waals surface area contributed by atoms with Gasteiger partial charge in [0.15, 0.2) is 0 Å². The molecule has 2 saturated heterocycles. The number of aryl methyl sites for hydroxylation is 1. The first kappa shape index (κ1) is 19.2. The smallest absolute Gasteiger partial charge is 0.222 e. The van der Waals surface area contributed by atoms with Crippen LogP contribution in [0.2, 0.25) is 0 Å². The average molecular weight is 360 g/mol. The van der Waals surface area contributed by atoms with E-state index in [9.17, 15) is 4.79 Å². The van der Waals surface area contributed by atoms with E-state index < -0.39 is 0 Å². The Hall–Kier alpha value is -1.59.